The van der Waals surface area contributed by atoms with E-state index in [2.05, 4.69) is 15.0 Å². The lowest BCUT2D eigenvalue weighted by Gasteiger charge is -2.16. The maximum atomic E-state index is 14.4. The lowest BCUT2D eigenvalue weighted by molar-refractivity contribution is -0.141. The molecule has 5 nitrogen and oxygen atoms in total. The zero-order chi connectivity index (χ0) is 26.6. The number of hydrogen-bond donors (Lipinski definition) is 2. The number of hydrogen-bond acceptors (Lipinski definition) is 3. The van der Waals surface area contributed by atoms with E-state index in [0.29, 0.717) is 11.1 Å². The van der Waals surface area contributed by atoms with Crippen LogP contribution in [-0.2, 0) is 35.0 Å². The molecular weight excluding hydrogens is 501 g/mol. The van der Waals surface area contributed by atoms with Gasteiger partial charge in [-0.3, -0.25) is 4.79 Å². The highest BCUT2D eigenvalue weighted by atomic mass is 32.2. The van der Waals surface area contributed by atoms with Crippen molar-refractivity contribution in [2.24, 2.45) is 0 Å². The van der Waals surface area contributed by atoms with E-state index in [9.17, 15) is 31.0 Å². The molecule has 3 rings (SSSR count). The highest BCUT2D eigenvalue weighted by Gasteiger charge is 2.33. The molecule has 0 aliphatic heterocycles. The molecule has 2 atom stereocenters. The lowest BCUT2D eigenvalue weighted by atomic mass is 9.98. The van der Waals surface area contributed by atoms with Gasteiger partial charge in [-0.05, 0) is 48.7 Å². The first-order chi connectivity index (χ1) is 16.9. The Morgan fingerprint density at radius 2 is 1.69 bits per heavy atom. The fourth-order valence-corrected chi connectivity index (χ4v) is 3.78. The van der Waals surface area contributed by atoms with E-state index in [1.165, 1.54) is 43.5 Å². The number of carbonyl (C=O) groups excluding carboxylic acids is 1. The molecule has 1 aromatic heterocycles. The SMILES string of the molecule is Cc1ccc(-c2nc(C(F)(F)F)ccc2CNC(=O)[C@H](C)c2ccc(CNS(C)=O)c(F)c2)cc1F. The predicted octanol–water partition coefficient (Wildman–Crippen LogP) is 5.16. The number of pyridine rings is 1. The number of carbonyl (C=O) groups is 1. The molecule has 0 saturated carbocycles. The summed E-state index contributed by atoms with van der Waals surface area (Å²) in [4.78, 5) is 16.5. The summed E-state index contributed by atoms with van der Waals surface area (Å²) in [6.45, 7) is 2.97. The standard InChI is InChI=1S/C25H24F5N3O2S/c1-14-4-5-17(11-20(14)26)23-19(8-9-22(33-23)25(28,29)30)12-31-24(34)15(2)16-6-7-18(21(27)10-16)13-32-36(3)35/h4-11,15,32H,12-13H2,1-3H3,(H,31,34)/t15-,36?/m1/s1. The highest BCUT2D eigenvalue weighted by molar-refractivity contribution is 7.82. The molecule has 1 amide bonds. The third-order valence-corrected chi connectivity index (χ3v) is 6.15. The molecule has 2 aromatic carbocycles. The van der Waals surface area contributed by atoms with Crippen LogP contribution < -0.4 is 10.0 Å². The van der Waals surface area contributed by atoms with Gasteiger partial charge in [0.1, 0.15) is 17.3 Å². The van der Waals surface area contributed by atoms with Crippen LogP contribution in [0.1, 0.15) is 40.8 Å². The fraction of sp³-hybridized carbons (Fsp3) is 0.280. The van der Waals surface area contributed by atoms with Crippen LogP contribution in [0, 0.1) is 18.6 Å². The molecular formula is C25H24F5N3O2S. The van der Waals surface area contributed by atoms with Crippen molar-refractivity contribution in [3.8, 4) is 11.3 Å². The van der Waals surface area contributed by atoms with Crippen LogP contribution in [0.2, 0.25) is 0 Å². The van der Waals surface area contributed by atoms with Crippen molar-refractivity contribution >= 4 is 16.9 Å². The van der Waals surface area contributed by atoms with E-state index >= 15 is 0 Å². The highest BCUT2D eigenvalue weighted by Crippen LogP contribution is 2.32. The summed E-state index contributed by atoms with van der Waals surface area (Å²) in [6, 6.07) is 10.2. The lowest BCUT2D eigenvalue weighted by Crippen LogP contribution is -2.28. The summed E-state index contributed by atoms with van der Waals surface area (Å²) in [5, 5.41) is 2.64. The first kappa shape index (κ1) is 27.4. The van der Waals surface area contributed by atoms with Crippen LogP contribution in [0.15, 0.2) is 48.5 Å². The summed E-state index contributed by atoms with van der Waals surface area (Å²) in [7, 11) is -1.31. The average molecular weight is 526 g/mol. The van der Waals surface area contributed by atoms with Crippen molar-refractivity contribution in [3.05, 3.63) is 88.1 Å². The fourth-order valence-electron chi connectivity index (χ4n) is 3.42. The minimum absolute atomic E-state index is 0.0547. The molecule has 1 heterocycles. The number of benzene rings is 2. The van der Waals surface area contributed by atoms with E-state index in [1.54, 1.807) is 13.0 Å². The first-order valence-electron chi connectivity index (χ1n) is 10.8. The molecule has 36 heavy (non-hydrogen) atoms. The van der Waals surface area contributed by atoms with E-state index in [-0.39, 0.29) is 35.5 Å². The molecule has 11 heteroatoms. The molecule has 0 aliphatic carbocycles. The Kier molecular flexibility index (Phi) is 8.57. The Hall–Kier alpha value is -3.18. The Bertz CT molecular complexity index is 1300. The van der Waals surface area contributed by atoms with Gasteiger partial charge in [0.15, 0.2) is 0 Å². The van der Waals surface area contributed by atoms with Crippen LogP contribution in [0.3, 0.4) is 0 Å². The maximum absolute atomic E-state index is 14.4. The van der Waals surface area contributed by atoms with Gasteiger partial charge in [-0.25, -0.2) is 22.7 Å². The van der Waals surface area contributed by atoms with Gasteiger partial charge in [-0.2, -0.15) is 13.2 Å². The molecule has 0 aliphatic rings. The second kappa shape index (κ2) is 11.3. The summed E-state index contributed by atoms with van der Waals surface area (Å²) >= 11 is 0. The largest absolute Gasteiger partial charge is 0.433 e. The maximum Gasteiger partial charge on any atom is 0.433 e. The van der Waals surface area contributed by atoms with Gasteiger partial charge < -0.3 is 5.32 Å². The summed E-state index contributed by atoms with van der Waals surface area (Å²) in [5.41, 5.74) is 0.149. The second-order valence-electron chi connectivity index (χ2n) is 8.23. The normalized spacial score (nSPS) is 13.3. The van der Waals surface area contributed by atoms with Gasteiger partial charge in [0.05, 0.1) is 22.6 Å². The predicted molar refractivity (Wildman–Crippen MR) is 127 cm³/mol. The molecule has 0 radical (unpaired) electrons. The molecule has 3 aromatic rings. The Labute approximate surface area is 207 Å². The monoisotopic (exact) mass is 525 g/mol. The molecule has 2 N–H and O–H groups in total. The second-order valence-corrected chi connectivity index (χ2v) is 9.43. The van der Waals surface area contributed by atoms with Crippen molar-refractivity contribution in [1.82, 2.24) is 15.0 Å². The third-order valence-electron chi connectivity index (χ3n) is 5.60. The van der Waals surface area contributed by atoms with Crippen molar-refractivity contribution in [2.75, 3.05) is 6.26 Å². The van der Waals surface area contributed by atoms with Gasteiger partial charge in [-0.1, -0.05) is 30.3 Å². The van der Waals surface area contributed by atoms with Crippen molar-refractivity contribution in [3.63, 3.8) is 0 Å². The number of aryl methyl sites for hydroxylation is 1. The molecule has 0 bridgehead atoms. The third kappa shape index (κ3) is 6.73. The van der Waals surface area contributed by atoms with Crippen molar-refractivity contribution < 1.29 is 31.0 Å². The van der Waals surface area contributed by atoms with Gasteiger partial charge in [0.2, 0.25) is 5.91 Å². The number of alkyl halides is 3. The van der Waals surface area contributed by atoms with Crippen molar-refractivity contribution in [2.45, 2.75) is 39.0 Å². The molecule has 1 unspecified atom stereocenters. The topological polar surface area (TPSA) is 71.1 Å². The van der Waals surface area contributed by atoms with Crippen LogP contribution in [-0.4, -0.2) is 21.4 Å². The van der Waals surface area contributed by atoms with Crippen LogP contribution in [0.4, 0.5) is 22.0 Å². The number of nitrogens with zero attached hydrogens (tertiary/aromatic N) is 1. The zero-order valence-corrected chi connectivity index (χ0v) is 20.5. The number of nitrogens with one attached hydrogen (secondary N) is 2. The van der Waals surface area contributed by atoms with E-state index < -0.39 is 46.3 Å². The van der Waals surface area contributed by atoms with Gasteiger partial charge in [0, 0.05) is 30.5 Å². The number of amides is 1. The Morgan fingerprint density at radius 1 is 1.00 bits per heavy atom. The van der Waals surface area contributed by atoms with E-state index in [1.807, 2.05) is 0 Å². The first-order valence-corrected chi connectivity index (χ1v) is 12.4. The van der Waals surface area contributed by atoms with Gasteiger partial charge >= 0.3 is 6.18 Å². The smallest absolute Gasteiger partial charge is 0.351 e. The molecule has 192 valence electrons. The summed E-state index contributed by atoms with van der Waals surface area (Å²) in [5.74, 6) is -2.43. The molecule has 0 spiro atoms. The Balaban J connectivity index is 1.81. The van der Waals surface area contributed by atoms with Gasteiger partial charge in [0.25, 0.3) is 0 Å². The van der Waals surface area contributed by atoms with Crippen molar-refractivity contribution in [1.29, 1.82) is 0 Å². The number of aromatic nitrogens is 1. The average Bonchev–Trinajstić information content (AvgIpc) is 2.82. The molecule has 0 fully saturated rings. The quantitative estimate of drug-likeness (QED) is 0.400. The van der Waals surface area contributed by atoms with E-state index in [0.717, 1.165) is 12.1 Å². The number of rotatable bonds is 8. The number of halogens is 5. The molecule has 0 saturated heterocycles. The summed E-state index contributed by atoms with van der Waals surface area (Å²) < 4.78 is 82.1. The van der Waals surface area contributed by atoms with E-state index in [4.69, 9.17) is 0 Å². The Morgan fingerprint density at radius 3 is 2.31 bits per heavy atom. The summed E-state index contributed by atoms with van der Waals surface area (Å²) in [6.07, 6.45) is -3.28. The minimum Gasteiger partial charge on any atom is -0.351 e. The minimum atomic E-state index is -4.70. The van der Waals surface area contributed by atoms with Crippen LogP contribution >= 0.6 is 0 Å². The van der Waals surface area contributed by atoms with Gasteiger partial charge in [-0.15, -0.1) is 0 Å². The zero-order valence-electron chi connectivity index (χ0n) is 19.7. The van der Waals surface area contributed by atoms with Crippen LogP contribution in [0.25, 0.3) is 11.3 Å². The van der Waals surface area contributed by atoms with Crippen LogP contribution in [0.5, 0.6) is 0 Å².